The van der Waals surface area contributed by atoms with Gasteiger partial charge in [0.2, 0.25) is 0 Å². The Hall–Kier alpha value is -2.47. The highest BCUT2D eigenvalue weighted by molar-refractivity contribution is 7.80. The third kappa shape index (κ3) is 3.52. The maximum atomic E-state index is 11.6. The van der Waals surface area contributed by atoms with Crippen molar-refractivity contribution >= 4 is 34.8 Å². The molecule has 1 aliphatic heterocycles. The van der Waals surface area contributed by atoms with Crippen LogP contribution in [0, 0.1) is 0 Å². The van der Waals surface area contributed by atoms with Gasteiger partial charge < -0.3 is 15.4 Å². The second-order valence-electron chi connectivity index (χ2n) is 4.03. The minimum absolute atomic E-state index is 0.0900. The number of ether oxygens (including phenoxy) is 1. The van der Waals surface area contributed by atoms with Gasteiger partial charge in [0.1, 0.15) is 11.3 Å². The molecule has 1 aliphatic rings. The number of hydrogen-bond acceptors (Lipinski definition) is 4. The van der Waals surface area contributed by atoms with E-state index < -0.39 is 11.8 Å². The van der Waals surface area contributed by atoms with Crippen LogP contribution in [0.5, 0.6) is 0 Å². The van der Waals surface area contributed by atoms with Crippen molar-refractivity contribution in [1.82, 2.24) is 5.32 Å². The molecule has 0 saturated heterocycles. The minimum atomic E-state index is -0.690. The highest BCUT2D eigenvalue weighted by Gasteiger charge is 2.24. The molecule has 0 fully saturated rings. The number of allylic oxidation sites excluding steroid dienone is 2. The molecule has 20 heavy (non-hydrogen) atoms. The van der Waals surface area contributed by atoms with Crippen LogP contribution in [-0.4, -0.2) is 16.9 Å². The molecule has 102 valence electrons. The predicted molar refractivity (Wildman–Crippen MR) is 78.7 cm³/mol. The molecule has 0 spiro atoms. The number of anilines is 1. The van der Waals surface area contributed by atoms with Crippen molar-refractivity contribution in [1.29, 1.82) is 0 Å². The summed E-state index contributed by atoms with van der Waals surface area (Å²) in [5.41, 5.74) is 0.712. The van der Waals surface area contributed by atoms with E-state index in [1.54, 1.807) is 6.92 Å². The third-order valence-corrected chi connectivity index (χ3v) is 2.67. The monoisotopic (exact) mass is 288 g/mol. The van der Waals surface area contributed by atoms with Crippen molar-refractivity contribution in [2.75, 3.05) is 5.32 Å². The van der Waals surface area contributed by atoms with Gasteiger partial charge >= 0.3 is 5.97 Å². The first kappa shape index (κ1) is 14.0. The van der Waals surface area contributed by atoms with Gasteiger partial charge in [0.05, 0.1) is 0 Å². The number of carbonyl (C=O) groups excluding carboxylic acids is 2. The number of carbonyl (C=O) groups is 2. The predicted octanol–water partition coefficient (Wildman–Crippen LogP) is 1.89. The number of thiocarbonyl (C=S) groups is 1. The number of ketones is 1. The molecule has 0 aromatic heterocycles. The average molecular weight is 288 g/mol. The van der Waals surface area contributed by atoms with Crippen molar-refractivity contribution in [2.24, 2.45) is 0 Å². The maximum Gasteiger partial charge on any atom is 0.348 e. The van der Waals surface area contributed by atoms with Crippen LogP contribution in [-0.2, 0) is 14.3 Å². The van der Waals surface area contributed by atoms with Crippen LogP contribution in [0.2, 0.25) is 0 Å². The summed E-state index contributed by atoms with van der Waals surface area (Å²) < 4.78 is 4.85. The van der Waals surface area contributed by atoms with Crippen LogP contribution in [0.3, 0.4) is 0 Å². The van der Waals surface area contributed by atoms with E-state index >= 15 is 0 Å². The zero-order valence-electron chi connectivity index (χ0n) is 10.7. The normalized spacial score (nSPS) is 16.4. The lowest BCUT2D eigenvalue weighted by molar-refractivity contribution is -0.137. The van der Waals surface area contributed by atoms with Crippen LogP contribution < -0.4 is 10.6 Å². The highest BCUT2D eigenvalue weighted by Crippen LogP contribution is 2.12. The molecule has 5 nitrogen and oxygen atoms in total. The van der Waals surface area contributed by atoms with E-state index in [1.807, 2.05) is 30.3 Å². The number of hydrogen-bond donors (Lipinski definition) is 2. The van der Waals surface area contributed by atoms with Crippen molar-refractivity contribution in [3.05, 3.63) is 53.9 Å². The smallest absolute Gasteiger partial charge is 0.348 e. The Morgan fingerprint density at radius 2 is 1.95 bits per heavy atom. The van der Waals surface area contributed by atoms with E-state index in [-0.39, 0.29) is 16.4 Å². The van der Waals surface area contributed by atoms with E-state index in [1.165, 1.54) is 12.3 Å². The van der Waals surface area contributed by atoms with Crippen LogP contribution in [0.15, 0.2) is 53.9 Å². The van der Waals surface area contributed by atoms with Gasteiger partial charge in [-0.15, -0.1) is 0 Å². The molecule has 0 saturated carbocycles. The quantitative estimate of drug-likeness (QED) is 0.375. The summed E-state index contributed by atoms with van der Waals surface area (Å²) in [4.78, 5) is 23.2. The molecule has 0 radical (unpaired) electrons. The van der Waals surface area contributed by atoms with Crippen LogP contribution in [0.4, 0.5) is 5.69 Å². The Balaban J connectivity index is 2.01. The Bertz CT molecular complexity index is 621. The Kier molecular flexibility index (Phi) is 4.27. The number of rotatable bonds is 2. The number of para-hydroxylation sites is 1. The summed E-state index contributed by atoms with van der Waals surface area (Å²) in [6.07, 6.45) is 2.49. The molecule has 0 bridgehead atoms. The molecule has 1 aromatic rings. The lowest BCUT2D eigenvalue weighted by atomic mass is 10.1. The standard InChI is InChI=1S/C14H12N2O3S/c1-9-7-12(17)11(13(18)19-9)8-15-14(20)16-10-5-3-2-4-6-10/h2-8H,1H3,(H2,15,16,20). The second-order valence-corrected chi connectivity index (χ2v) is 4.44. The van der Waals surface area contributed by atoms with Crippen LogP contribution in [0.1, 0.15) is 6.92 Å². The fourth-order valence-corrected chi connectivity index (χ4v) is 1.73. The maximum absolute atomic E-state index is 11.6. The van der Waals surface area contributed by atoms with Gasteiger partial charge in [0.15, 0.2) is 10.9 Å². The van der Waals surface area contributed by atoms with Crippen LogP contribution in [0.25, 0.3) is 0 Å². The summed E-state index contributed by atoms with van der Waals surface area (Å²) in [5, 5.41) is 5.87. The van der Waals surface area contributed by atoms with Crippen molar-refractivity contribution in [3.8, 4) is 0 Å². The zero-order valence-corrected chi connectivity index (χ0v) is 11.5. The molecule has 0 aliphatic carbocycles. The fraction of sp³-hybridized carbons (Fsp3) is 0.0714. The zero-order chi connectivity index (χ0) is 14.5. The number of nitrogens with one attached hydrogen (secondary N) is 2. The molecule has 0 atom stereocenters. The molecule has 6 heteroatoms. The summed E-state index contributed by atoms with van der Waals surface area (Å²) in [7, 11) is 0. The molecular weight excluding hydrogens is 276 g/mol. The first-order valence-electron chi connectivity index (χ1n) is 5.84. The van der Waals surface area contributed by atoms with Gasteiger partial charge in [-0.3, -0.25) is 4.79 Å². The Morgan fingerprint density at radius 1 is 1.25 bits per heavy atom. The van der Waals surface area contributed by atoms with Crippen LogP contribution >= 0.6 is 12.2 Å². The molecule has 2 rings (SSSR count). The first-order chi connectivity index (χ1) is 9.56. The molecule has 2 N–H and O–H groups in total. The lowest BCUT2D eigenvalue weighted by Crippen LogP contribution is -2.27. The van der Waals surface area contributed by atoms with Gasteiger partial charge in [-0.1, -0.05) is 18.2 Å². The number of cyclic esters (lactones) is 1. The summed E-state index contributed by atoms with van der Waals surface area (Å²) in [6, 6.07) is 9.29. The first-order valence-corrected chi connectivity index (χ1v) is 6.24. The second kappa shape index (κ2) is 6.12. The topological polar surface area (TPSA) is 67.4 Å². The minimum Gasteiger partial charge on any atom is -0.427 e. The van der Waals surface area contributed by atoms with Gasteiger partial charge in [-0.05, 0) is 31.3 Å². The van der Waals surface area contributed by atoms with Gasteiger partial charge in [-0.2, -0.15) is 0 Å². The molecule has 0 amide bonds. The summed E-state index contributed by atoms with van der Waals surface area (Å²) in [5.74, 6) is -0.819. The third-order valence-electron chi connectivity index (χ3n) is 2.45. The average Bonchev–Trinajstić information content (AvgIpc) is 2.38. The fourth-order valence-electron chi connectivity index (χ4n) is 1.55. The van der Waals surface area contributed by atoms with E-state index in [2.05, 4.69) is 10.6 Å². The van der Waals surface area contributed by atoms with Crippen molar-refractivity contribution in [2.45, 2.75) is 6.92 Å². The van der Waals surface area contributed by atoms with Crippen molar-refractivity contribution in [3.63, 3.8) is 0 Å². The Labute approximate surface area is 121 Å². The van der Waals surface area contributed by atoms with E-state index in [9.17, 15) is 9.59 Å². The molecule has 1 heterocycles. The summed E-state index contributed by atoms with van der Waals surface area (Å²) in [6.45, 7) is 1.54. The SMILES string of the molecule is CC1=CC(=O)C(=CNC(=S)Nc2ccccc2)C(=O)O1. The molecular formula is C14H12N2O3S. The number of benzene rings is 1. The molecule has 0 unspecified atom stereocenters. The molecule has 1 aromatic carbocycles. The highest BCUT2D eigenvalue weighted by atomic mass is 32.1. The van der Waals surface area contributed by atoms with Gasteiger partial charge in [0, 0.05) is 18.0 Å². The van der Waals surface area contributed by atoms with Gasteiger partial charge in [-0.25, -0.2) is 4.79 Å². The largest absolute Gasteiger partial charge is 0.427 e. The van der Waals surface area contributed by atoms with E-state index in [0.29, 0.717) is 0 Å². The lowest BCUT2D eigenvalue weighted by Gasteiger charge is -2.12. The van der Waals surface area contributed by atoms with Crippen molar-refractivity contribution < 1.29 is 14.3 Å². The Morgan fingerprint density at radius 3 is 2.60 bits per heavy atom. The van der Waals surface area contributed by atoms with Gasteiger partial charge in [0.25, 0.3) is 0 Å². The summed E-state index contributed by atoms with van der Waals surface area (Å²) >= 11 is 5.06. The van der Waals surface area contributed by atoms with E-state index in [0.717, 1.165) is 5.69 Å². The number of esters is 1. The van der Waals surface area contributed by atoms with E-state index in [4.69, 9.17) is 17.0 Å².